The zero-order valence-corrected chi connectivity index (χ0v) is 19.9. The van der Waals surface area contributed by atoms with E-state index in [4.69, 9.17) is 14.2 Å². The highest BCUT2D eigenvalue weighted by Gasteiger charge is 2.48. The number of anilines is 1. The molecule has 0 saturated carbocycles. The van der Waals surface area contributed by atoms with E-state index in [9.17, 15) is 14.7 Å². The quantitative estimate of drug-likeness (QED) is 0.307. The first-order chi connectivity index (χ1) is 16.4. The highest BCUT2D eigenvalue weighted by atomic mass is 32.1. The second-order valence-electron chi connectivity index (χ2n) is 7.34. The van der Waals surface area contributed by atoms with Gasteiger partial charge in [-0.25, -0.2) is 0 Å². The van der Waals surface area contributed by atoms with Crippen LogP contribution in [0.4, 0.5) is 5.13 Å². The van der Waals surface area contributed by atoms with Crippen LogP contribution in [0.2, 0.25) is 0 Å². The van der Waals surface area contributed by atoms with Gasteiger partial charge in [0.2, 0.25) is 5.13 Å². The molecule has 0 aliphatic carbocycles. The van der Waals surface area contributed by atoms with E-state index >= 15 is 0 Å². The van der Waals surface area contributed by atoms with E-state index in [1.165, 1.54) is 30.5 Å². The van der Waals surface area contributed by atoms with E-state index < -0.39 is 17.7 Å². The Morgan fingerprint density at radius 2 is 1.76 bits per heavy atom. The van der Waals surface area contributed by atoms with Gasteiger partial charge in [-0.1, -0.05) is 17.4 Å². The standard InChI is InChI=1S/C24H23N3O6S/c1-5-33-16-9-6-14(7-10-16)21(28)19-20(15-8-11-17(31-3)18(12-15)32-4)27(23(30)22(19)29)24-26-25-13(2)34-24/h6-12,20,28H,5H2,1-4H3/b21-19-. The fraction of sp³-hybridized carbons (Fsp3) is 0.250. The van der Waals surface area contributed by atoms with E-state index in [0.29, 0.717) is 40.0 Å². The zero-order valence-electron chi connectivity index (χ0n) is 19.1. The molecule has 1 fully saturated rings. The number of Topliss-reactive ketones (excluding diaryl/α,β-unsaturated/α-hetero) is 1. The Balaban J connectivity index is 1.91. The third kappa shape index (κ3) is 4.08. The maximum absolute atomic E-state index is 13.2. The summed E-state index contributed by atoms with van der Waals surface area (Å²) in [4.78, 5) is 27.6. The Kier molecular flexibility index (Phi) is 6.51. The van der Waals surface area contributed by atoms with Crippen molar-refractivity contribution >= 4 is 33.9 Å². The molecule has 0 bridgehead atoms. The van der Waals surface area contributed by atoms with Crippen LogP contribution < -0.4 is 19.1 Å². The number of aliphatic hydroxyl groups excluding tert-OH is 1. The number of ether oxygens (including phenoxy) is 3. The summed E-state index contributed by atoms with van der Waals surface area (Å²) >= 11 is 1.18. The van der Waals surface area contributed by atoms with Gasteiger partial charge >= 0.3 is 5.91 Å². The van der Waals surface area contributed by atoms with Gasteiger partial charge in [-0.05, 0) is 55.8 Å². The summed E-state index contributed by atoms with van der Waals surface area (Å²) in [5.41, 5.74) is 0.854. The fourth-order valence-electron chi connectivity index (χ4n) is 3.78. The Hall–Kier alpha value is -3.92. The van der Waals surface area contributed by atoms with Gasteiger partial charge < -0.3 is 19.3 Å². The maximum Gasteiger partial charge on any atom is 0.301 e. The van der Waals surface area contributed by atoms with Crippen LogP contribution in [0.3, 0.4) is 0 Å². The summed E-state index contributed by atoms with van der Waals surface area (Å²) in [5.74, 6) is -0.394. The van der Waals surface area contributed by atoms with Gasteiger partial charge in [-0.2, -0.15) is 0 Å². The molecule has 4 rings (SSSR count). The summed E-state index contributed by atoms with van der Waals surface area (Å²) in [7, 11) is 3.01. The number of hydrogen-bond acceptors (Lipinski definition) is 9. The van der Waals surface area contributed by atoms with Crippen molar-refractivity contribution in [1.82, 2.24) is 10.2 Å². The van der Waals surface area contributed by atoms with Crippen LogP contribution in [0.5, 0.6) is 17.2 Å². The Morgan fingerprint density at radius 1 is 1.06 bits per heavy atom. The van der Waals surface area contributed by atoms with Gasteiger partial charge in [0, 0.05) is 5.56 Å². The number of carbonyl (C=O) groups is 2. The van der Waals surface area contributed by atoms with E-state index in [0.717, 1.165) is 0 Å². The Morgan fingerprint density at radius 3 is 2.35 bits per heavy atom. The van der Waals surface area contributed by atoms with E-state index in [1.807, 2.05) is 6.92 Å². The average molecular weight is 482 g/mol. The molecule has 1 aliphatic rings. The summed E-state index contributed by atoms with van der Waals surface area (Å²) in [5, 5.41) is 20.2. The molecule has 3 aromatic rings. The molecule has 2 heterocycles. The van der Waals surface area contributed by atoms with E-state index in [-0.39, 0.29) is 16.5 Å². The molecular weight excluding hydrogens is 458 g/mol. The van der Waals surface area contributed by atoms with Crippen molar-refractivity contribution < 1.29 is 28.9 Å². The number of methoxy groups -OCH3 is 2. The van der Waals surface area contributed by atoms with Crippen molar-refractivity contribution in [2.24, 2.45) is 0 Å². The second kappa shape index (κ2) is 9.52. The first-order valence-corrected chi connectivity index (χ1v) is 11.3. The minimum Gasteiger partial charge on any atom is -0.507 e. The van der Waals surface area contributed by atoms with E-state index in [1.54, 1.807) is 49.4 Å². The minimum atomic E-state index is -0.946. The number of ketones is 1. The monoisotopic (exact) mass is 481 g/mol. The third-order valence-corrected chi connectivity index (χ3v) is 6.17. The van der Waals surface area contributed by atoms with Gasteiger partial charge in [-0.3, -0.25) is 14.5 Å². The zero-order chi connectivity index (χ0) is 24.4. The summed E-state index contributed by atoms with van der Waals surface area (Å²) in [6.07, 6.45) is 0. The van der Waals surface area contributed by atoms with Crippen molar-refractivity contribution in [1.29, 1.82) is 0 Å². The summed E-state index contributed by atoms with van der Waals surface area (Å²) < 4.78 is 16.2. The van der Waals surface area contributed by atoms with Gasteiger partial charge in [0.15, 0.2) is 11.5 Å². The number of rotatable bonds is 7. The summed E-state index contributed by atoms with van der Waals surface area (Å²) in [6, 6.07) is 10.8. The van der Waals surface area contributed by atoms with Crippen LogP contribution in [0.1, 0.15) is 29.1 Å². The molecule has 2 aromatic carbocycles. The maximum atomic E-state index is 13.2. The third-order valence-electron chi connectivity index (χ3n) is 5.33. The van der Waals surface area contributed by atoms with Crippen molar-refractivity contribution in [3.05, 3.63) is 64.2 Å². The number of nitrogens with zero attached hydrogens (tertiary/aromatic N) is 3. The Labute approximate surface area is 200 Å². The number of aryl methyl sites for hydroxylation is 1. The number of aliphatic hydroxyl groups is 1. The van der Waals surface area contributed by atoms with Crippen molar-refractivity contribution in [3.63, 3.8) is 0 Å². The van der Waals surface area contributed by atoms with Gasteiger partial charge in [0.05, 0.1) is 32.4 Å². The average Bonchev–Trinajstić information content (AvgIpc) is 3.39. The molecule has 1 aliphatic heterocycles. The van der Waals surface area contributed by atoms with Gasteiger partial charge in [0.25, 0.3) is 5.78 Å². The molecule has 10 heteroatoms. The lowest BCUT2D eigenvalue weighted by atomic mass is 9.95. The van der Waals surface area contributed by atoms with E-state index in [2.05, 4.69) is 10.2 Å². The Bertz CT molecular complexity index is 1270. The molecule has 1 aromatic heterocycles. The second-order valence-corrected chi connectivity index (χ2v) is 8.50. The molecule has 1 atom stereocenters. The highest BCUT2D eigenvalue weighted by Crippen LogP contribution is 2.44. The van der Waals surface area contributed by atoms with Crippen molar-refractivity contribution in [2.75, 3.05) is 25.7 Å². The fourth-order valence-corrected chi connectivity index (χ4v) is 4.50. The number of hydrogen-bond donors (Lipinski definition) is 1. The van der Waals surface area contributed by atoms with Crippen molar-refractivity contribution in [3.8, 4) is 17.2 Å². The minimum absolute atomic E-state index is 0.0609. The molecule has 1 amide bonds. The number of benzene rings is 2. The van der Waals surface area contributed by atoms with Gasteiger partial charge in [0.1, 0.15) is 16.5 Å². The first-order valence-electron chi connectivity index (χ1n) is 10.5. The lowest BCUT2D eigenvalue weighted by Crippen LogP contribution is -2.29. The topological polar surface area (TPSA) is 111 Å². The lowest BCUT2D eigenvalue weighted by molar-refractivity contribution is -0.132. The molecule has 1 unspecified atom stereocenters. The molecule has 176 valence electrons. The SMILES string of the molecule is CCOc1ccc(/C(O)=C2/C(=O)C(=O)N(c3nnc(C)s3)C2c2ccc(OC)c(OC)c2)cc1. The lowest BCUT2D eigenvalue weighted by Gasteiger charge is -2.23. The smallest absolute Gasteiger partial charge is 0.301 e. The molecule has 0 spiro atoms. The molecule has 1 saturated heterocycles. The van der Waals surface area contributed by atoms with Gasteiger partial charge in [-0.15, -0.1) is 10.2 Å². The molecule has 9 nitrogen and oxygen atoms in total. The number of carbonyl (C=O) groups excluding carboxylic acids is 2. The normalized spacial score (nSPS) is 17.2. The van der Waals surface area contributed by atoms with Crippen LogP contribution in [-0.4, -0.2) is 47.8 Å². The van der Waals surface area contributed by atoms with Crippen LogP contribution in [0, 0.1) is 6.92 Å². The molecule has 0 radical (unpaired) electrons. The predicted molar refractivity (Wildman–Crippen MR) is 127 cm³/mol. The van der Waals surface area contributed by atoms with Crippen LogP contribution >= 0.6 is 11.3 Å². The number of amides is 1. The largest absolute Gasteiger partial charge is 0.507 e. The molecular formula is C24H23N3O6S. The van der Waals surface area contributed by atoms with Crippen LogP contribution in [-0.2, 0) is 9.59 Å². The highest BCUT2D eigenvalue weighted by molar-refractivity contribution is 7.15. The molecule has 1 N–H and O–H groups in total. The molecule has 34 heavy (non-hydrogen) atoms. The van der Waals surface area contributed by atoms with Crippen LogP contribution in [0.15, 0.2) is 48.0 Å². The van der Waals surface area contributed by atoms with Crippen molar-refractivity contribution in [2.45, 2.75) is 19.9 Å². The number of aromatic nitrogens is 2. The van der Waals surface area contributed by atoms with Crippen LogP contribution in [0.25, 0.3) is 5.76 Å². The predicted octanol–water partition coefficient (Wildman–Crippen LogP) is 3.89. The first kappa shape index (κ1) is 23.2. The summed E-state index contributed by atoms with van der Waals surface area (Å²) in [6.45, 7) is 4.12.